The van der Waals surface area contributed by atoms with Crippen molar-refractivity contribution < 1.29 is 97.9 Å². The van der Waals surface area contributed by atoms with E-state index >= 15 is 0 Å². The van der Waals surface area contributed by atoms with Crippen molar-refractivity contribution >= 4 is 17.8 Å². The smallest absolute Gasteiger partial charge is 0.332 e. The minimum Gasteiger partial charge on any atom is -0.479 e. The number of carbonyl (C=O) groups is 3. The van der Waals surface area contributed by atoms with Gasteiger partial charge in [0.05, 0.1) is 50.5 Å². The number of carboxylic acid groups (broad SMARTS) is 1. The van der Waals surface area contributed by atoms with Gasteiger partial charge in [0.15, 0.2) is 25.0 Å². The zero-order chi connectivity index (χ0) is 55.9. The fourth-order valence-electron chi connectivity index (χ4n) is 10.3. The summed E-state index contributed by atoms with van der Waals surface area (Å²) < 4.78 is 59.5. The molecule has 2 aromatic carbocycles. The first-order valence-electron chi connectivity index (χ1n) is 25.7. The number of carboxylic acids is 1. The Bertz CT molecular complexity index is 2600. The highest BCUT2D eigenvalue weighted by atomic mass is 19.1. The molecule has 12 unspecified atom stereocenters. The van der Waals surface area contributed by atoms with Gasteiger partial charge < -0.3 is 89.8 Å². The summed E-state index contributed by atoms with van der Waals surface area (Å²) >= 11 is 0. The van der Waals surface area contributed by atoms with E-state index in [0.717, 1.165) is 11.6 Å². The fraction of sp³-hybridized carbons (Fsp3) is 0.620. The zero-order valence-corrected chi connectivity index (χ0v) is 42.7. The largest absolute Gasteiger partial charge is 0.479 e. The average Bonchev–Trinajstić information content (AvgIpc) is 4.22. The molecule has 5 heterocycles. The predicted molar refractivity (Wildman–Crippen MR) is 261 cm³/mol. The summed E-state index contributed by atoms with van der Waals surface area (Å²) in [6, 6.07) is 10.7. The Morgan fingerprint density at radius 2 is 1.44 bits per heavy atom. The van der Waals surface area contributed by atoms with Crippen molar-refractivity contribution in [1.82, 2.24) is 40.6 Å². The van der Waals surface area contributed by atoms with E-state index in [-0.39, 0.29) is 38.1 Å². The van der Waals surface area contributed by atoms with Crippen molar-refractivity contribution in [3.63, 3.8) is 0 Å². The third-order valence-corrected chi connectivity index (χ3v) is 14.3. The van der Waals surface area contributed by atoms with Crippen LogP contribution in [-0.2, 0) is 47.5 Å². The van der Waals surface area contributed by atoms with Gasteiger partial charge >= 0.3 is 5.97 Å². The van der Waals surface area contributed by atoms with Gasteiger partial charge in [0.25, 0.3) is 0 Å². The molecule has 1 aliphatic carbocycles. The van der Waals surface area contributed by atoms with Crippen molar-refractivity contribution in [3.8, 4) is 22.5 Å². The topological polar surface area (TPSA) is 383 Å². The Kier molecular flexibility index (Phi) is 19.7. The molecule has 428 valence electrons. The molecule has 3 aliphatic heterocycles. The van der Waals surface area contributed by atoms with Crippen LogP contribution in [0.5, 0.6) is 0 Å². The first-order chi connectivity index (χ1) is 37.4. The molecule has 2 aromatic heterocycles. The average molecular weight is 1100 g/mol. The first kappa shape index (κ1) is 58.6. The first-order valence-corrected chi connectivity index (χ1v) is 25.7. The Hall–Kier alpha value is -5.54. The summed E-state index contributed by atoms with van der Waals surface area (Å²) in [5, 5.41) is 120. The molecular formula is C50H67FN8O19. The normalized spacial score (nSPS) is 34.7. The van der Waals surface area contributed by atoms with Gasteiger partial charge in [-0.1, -0.05) is 66.2 Å². The number of nitrogens with zero attached hydrogens (tertiary/aromatic N) is 6. The molecular weight excluding hydrogens is 1040 g/mol. The lowest BCUT2D eigenvalue weighted by Crippen LogP contribution is -2.67. The highest BCUT2D eigenvalue weighted by Gasteiger charge is 2.54. The molecule has 4 aliphatic rings. The lowest BCUT2D eigenvalue weighted by atomic mass is 9.80. The van der Waals surface area contributed by atoms with Crippen LogP contribution >= 0.6 is 0 Å². The second-order valence-electron chi connectivity index (χ2n) is 19.8. The number of halogens is 1. The minimum atomic E-state index is -1.84. The number of carbonyl (C=O) groups excluding carboxylic acids is 2. The Balaban J connectivity index is 1.08. The van der Waals surface area contributed by atoms with E-state index in [0.29, 0.717) is 23.2 Å². The van der Waals surface area contributed by atoms with Crippen LogP contribution in [0.1, 0.15) is 58.5 Å². The van der Waals surface area contributed by atoms with E-state index in [2.05, 4.69) is 31.3 Å². The Morgan fingerprint density at radius 1 is 0.769 bits per heavy atom. The van der Waals surface area contributed by atoms with Gasteiger partial charge in [0, 0.05) is 30.5 Å². The van der Waals surface area contributed by atoms with Crippen molar-refractivity contribution in [2.45, 2.75) is 163 Å². The SMILES string of the molecule is CCC[C@H](OC1C(NC(C)=O)[C@H](O[C@@H]2CC(C(=O)NCCO[C@H]3OC(CO)[C@@H](O)C(n4cc(-c5cccc(F)c5)nn4)C3O)CC(n3cc(-c4ccccc4)nn3)C2O[C@@H]2OC(C)[C@@H](O)C(O)C2O)OC(CO)[C@@H]1O)C(=O)O. The summed E-state index contributed by atoms with van der Waals surface area (Å²) in [7, 11) is 0. The Labute approximate surface area is 445 Å². The van der Waals surface area contributed by atoms with E-state index < -0.39 is 159 Å². The number of nitrogens with one attached hydrogen (secondary N) is 2. The third-order valence-electron chi connectivity index (χ3n) is 14.3. The fourth-order valence-corrected chi connectivity index (χ4v) is 10.3. The molecule has 0 bridgehead atoms. The van der Waals surface area contributed by atoms with E-state index in [9.17, 15) is 64.7 Å². The number of hydrogen-bond acceptors (Lipinski definition) is 22. The predicted octanol–water partition coefficient (Wildman–Crippen LogP) is -2.07. The molecule has 11 N–H and O–H groups in total. The molecule has 3 saturated heterocycles. The maximum absolute atomic E-state index is 14.5. The van der Waals surface area contributed by atoms with Crippen LogP contribution in [0.3, 0.4) is 0 Å². The van der Waals surface area contributed by atoms with E-state index in [1.807, 2.05) is 6.07 Å². The van der Waals surface area contributed by atoms with Crippen molar-refractivity contribution in [1.29, 1.82) is 0 Å². The minimum absolute atomic E-state index is 0.000735. The maximum Gasteiger partial charge on any atom is 0.332 e. The molecule has 0 radical (unpaired) electrons. The summed E-state index contributed by atoms with van der Waals surface area (Å²) in [5.74, 6) is -4.18. The molecule has 1 saturated carbocycles. The number of hydrogen-bond donors (Lipinski definition) is 11. The van der Waals surface area contributed by atoms with E-state index in [1.165, 1.54) is 36.0 Å². The molecule has 4 aromatic rings. The van der Waals surface area contributed by atoms with E-state index in [1.54, 1.807) is 43.5 Å². The molecule has 27 nitrogen and oxygen atoms in total. The third kappa shape index (κ3) is 13.2. The zero-order valence-electron chi connectivity index (χ0n) is 42.7. The number of aliphatic hydroxyl groups is 8. The van der Waals surface area contributed by atoms with E-state index in [4.69, 9.17) is 33.2 Å². The van der Waals surface area contributed by atoms with Crippen LogP contribution in [0.25, 0.3) is 22.5 Å². The van der Waals surface area contributed by atoms with Crippen LogP contribution in [0.4, 0.5) is 4.39 Å². The van der Waals surface area contributed by atoms with Crippen LogP contribution in [0.15, 0.2) is 67.0 Å². The van der Waals surface area contributed by atoms with Gasteiger partial charge in [-0.25, -0.2) is 18.5 Å². The molecule has 78 heavy (non-hydrogen) atoms. The van der Waals surface area contributed by atoms with Gasteiger partial charge in [-0.15, -0.1) is 10.2 Å². The number of rotatable bonds is 21. The summed E-state index contributed by atoms with van der Waals surface area (Å²) in [4.78, 5) is 39.8. The summed E-state index contributed by atoms with van der Waals surface area (Å²) in [5.41, 5.74) is 1.67. The quantitative estimate of drug-likeness (QED) is 0.0399. The van der Waals surface area contributed by atoms with Crippen molar-refractivity contribution in [3.05, 3.63) is 72.8 Å². The summed E-state index contributed by atoms with van der Waals surface area (Å²) in [6.45, 7) is 2.29. The standard InChI is InChI=1S/C50H67FN8O19/c1-4-9-32(47(70)71)74-45-36(53-24(3)62)48(76-35(22-61)40(45)65)75-33-18-27(17-31(58-19-29(54-56-58)25-10-6-5-7-11-25)44(33)78-50-43(68)42(67)38(63)23(2)73-50)46(69)52-14-15-72-49-41(66)37(39(64)34(21-60)77-49)59-20-30(55-57-59)26-12-8-13-28(51)16-26/h5-8,10-13,16,19-20,23,27,31-45,48-50,60-61,63-68H,4,9,14-15,17-18,21-22H2,1-3H3,(H,52,69)(H,53,62)(H,70,71)/t23?,27?,31?,32-,33+,34?,35?,36?,37?,38+,39+,40-,41?,42?,43?,44?,45?,48+,49-,50-/m0/s1. The second-order valence-corrected chi connectivity index (χ2v) is 19.8. The number of aliphatic hydroxyl groups excluding tert-OH is 8. The monoisotopic (exact) mass is 1100 g/mol. The highest BCUT2D eigenvalue weighted by Crippen LogP contribution is 2.41. The van der Waals surface area contributed by atoms with Gasteiger partial charge in [-0.05, 0) is 38.3 Å². The van der Waals surface area contributed by atoms with Gasteiger partial charge in [0.2, 0.25) is 11.8 Å². The lowest BCUT2D eigenvalue weighted by molar-refractivity contribution is -0.337. The van der Waals surface area contributed by atoms with Gasteiger partial charge in [-0.2, -0.15) is 0 Å². The number of ether oxygens (including phenoxy) is 7. The summed E-state index contributed by atoms with van der Waals surface area (Å²) in [6.07, 6.45) is -21.3. The Morgan fingerprint density at radius 3 is 2.12 bits per heavy atom. The highest BCUT2D eigenvalue weighted by molar-refractivity contribution is 5.79. The number of benzene rings is 2. The second kappa shape index (κ2) is 26.2. The van der Waals surface area contributed by atoms with Crippen LogP contribution in [0, 0.1) is 11.7 Å². The van der Waals surface area contributed by atoms with Gasteiger partial charge in [-0.3, -0.25) is 9.59 Å². The van der Waals surface area contributed by atoms with Gasteiger partial charge in [0.1, 0.15) is 90.3 Å². The number of aliphatic carboxylic acids is 1. The number of aromatic nitrogens is 6. The van der Waals surface area contributed by atoms with Crippen LogP contribution < -0.4 is 10.6 Å². The number of amides is 2. The van der Waals surface area contributed by atoms with Crippen molar-refractivity contribution in [2.75, 3.05) is 26.4 Å². The molecule has 20 atom stereocenters. The van der Waals surface area contributed by atoms with Crippen LogP contribution in [0.2, 0.25) is 0 Å². The van der Waals surface area contributed by atoms with Crippen LogP contribution in [-0.4, -0.2) is 224 Å². The molecule has 4 fully saturated rings. The molecule has 28 heteroatoms. The molecule has 8 rings (SSSR count). The van der Waals surface area contributed by atoms with Crippen molar-refractivity contribution in [2.24, 2.45) is 5.92 Å². The molecule has 2 amide bonds. The molecule has 0 spiro atoms. The maximum atomic E-state index is 14.5. The lowest BCUT2D eigenvalue weighted by Gasteiger charge is -2.49.